The van der Waals surface area contributed by atoms with Crippen molar-refractivity contribution < 1.29 is 13.2 Å². The summed E-state index contributed by atoms with van der Waals surface area (Å²) >= 11 is 1.20. The number of aromatic nitrogens is 3. The van der Waals surface area contributed by atoms with Crippen molar-refractivity contribution in [3.63, 3.8) is 0 Å². The van der Waals surface area contributed by atoms with Crippen LogP contribution in [0.3, 0.4) is 0 Å². The van der Waals surface area contributed by atoms with Crippen LogP contribution in [-0.4, -0.2) is 34.8 Å². The molecule has 168 valence electrons. The first kappa shape index (κ1) is 23.7. The van der Waals surface area contributed by atoms with Gasteiger partial charge >= 0.3 is 0 Å². The number of nitrogens with zero attached hydrogens (tertiary/aromatic N) is 3. The van der Waals surface area contributed by atoms with E-state index in [1.165, 1.54) is 11.8 Å². The second kappa shape index (κ2) is 10.1. The monoisotopic (exact) mass is 470 g/mol. The third kappa shape index (κ3) is 5.86. The molecular weight excluding hydrogens is 444 g/mol. The van der Waals surface area contributed by atoms with Crippen LogP contribution >= 0.6 is 11.8 Å². The van der Waals surface area contributed by atoms with Crippen LogP contribution in [0, 0.1) is 20.8 Å². The molecule has 2 aromatic carbocycles. The van der Waals surface area contributed by atoms with Gasteiger partial charge in [0.2, 0.25) is 5.91 Å². The van der Waals surface area contributed by atoms with E-state index >= 15 is 0 Å². The van der Waals surface area contributed by atoms with Crippen molar-refractivity contribution in [3.05, 3.63) is 77.6 Å². The molecule has 0 aliphatic carbocycles. The molecule has 0 spiro atoms. The second-order valence-corrected chi connectivity index (χ2v) is 10.4. The fourth-order valence-corrected chi connectivity index (χ4v) is 5.03. The quantitative estimate of drug-likeness (QED) is 0.374. The lowest BCUT2D eigenvalue weighted by Gasteiger charge is -2.09. The van der Waals surface area contributed by atoms with Gasteiger partial charge in [-0.05, 0) is 56.2 Å². The number of allylic oxidation sites excluding steroid dienone is 1. The Hall–Kier alpha value is -2.91. The zero-order valence-electron chi connectivity index (χ0n) is 18.3. The average molecular weight is 471 g/mol. The molecule has 0 saturated carbocycles. The Bertz CT molecular complexity index is 1230. The molecule has 3 aromatic rings. The standard InChI is InChI=1S/C23H26N4O3S2/c1-5-12-27-21(15-32(29,30)20-10-6-16(2)7-11-20)25-26-23(27)31-14-22(28)24-19-9-8-17(3)18(4)13-19/h5-11,13H,1,12,14-15H2,2-4H3,(H,24,28). The van der Waals surface area contributed by atoms with Gasteiger partial charge in [-0.15, -0.1) is 16.8 Å². The summed E-state index contributed by atoms with van der Waals surface area (Å²) < 4.78 is 27.3. The van der Waals surface area contributed by atoms with E-state index in [2.05, 4.69) is 22.1 Å². The summed E-state index contributed by atoms with van der Waals surface area (Å²) in [6, 6.07) is 12.4. The number of nitrogens with one attached hydrogen (secondary N) is 1. The molecule has 0 aliphatic rings. The van der Waals surface area contributed by atoms with Gasteiger partial charge in [-0.25, -0.2) is 8.42 Å². The van der Waals surface area contributed by atoms with Crippen LogP contribution in [0.5, 0.6) is 0 Å². The third-order valence-corrected chi connectivity index (χ3v) is 7.52. The highest BCUT2D eigenvalue weighted by Crippen LogP contribution is 2.22. The lowest BCUT2D eigenvalue weighted by molar-refractivity contribution is -0.113. The maximum Gasteiger partial charge on any atom is 0.234 e. The number of amides is 1. The molecule has 0 fully saturated rings. The molecule has 0 atom stereocenters. The molecule has 7 nitrogen and oxygen atoms in total. The number of anilines is 1. The number of thioether (sulfide) groups is 1. The number of rotatable bonds is 9. The Morgan fingerprint density at radius 1 is 1.09 bits per heavy atom. The number of hydrogen-bond acceptors (Lipinski definition) is 6. The summed E-state index contributed by atoms with van der Waals surface area (Å²) in [5.74, 6) is -0.0399. The van der Waals surface area contributed by atoms with Crippen molar-refractivity contribution in [2.45, 2.75) is 43.1 Å². The average Bonchev–Trinajstić information content (AvgIpc) is 3.10. The summed E-state index contributed by atoms with van der Waals surface area (Å²) in [6.45, 7) is 9.98. The van der Waals surface area contributed by atoms with Crippen LogP contribution in [0.25, 0.3) is 0 Å². The Morgan fingerprint density at radius 3 is 2.47 bits per heavy atom. The van der Waals surface area contributed by atoms with Crippen LogP contribution in [0.2, 0.25) is 0 Å². The lowest BCUT2D eigenvalue weighted by Crippen LogP contribution is -2.15. The van der Waals surface area contributed by atoms with Gasteiger partial charge in [0.05, 0.1) is 10.6 Å². The molecule has 0 radical (unpaired) electrons. The van der Waals surface area contributed by atoms with E-state index < -0.39 is 9.84 Å². The molecule has 0 saturated heterocycles. The van der Waals surface area contributed by atoms with Crippen molar-refractivity contribution in [3.8, 4) is 0 Å². The van der Waals surface area contributed by atoms with Crippen molar-refractivity contribution in [2.24, 2.45) is 0 Å². The minimum atomic E-state index is -3.58. The van der Waals surface area contributed by atoms with Crippen LogP contribution < -0.4 is 5.32 Å². The van der Waals surface area contributed by atoms with Gasteiger partial charge in [0.25, 0.3) is 0 Å². The first-order valence-electron chi connectivity index (χ1n) is 10.0. The fraction of sp³-hybridized carbons (Fsp3) is 0.261. The Balaban J connectivity index is 1.71. The van der Waals surface area contributed by atoms with Gasteiger partial charge in [0.1, 0.15) is 11.6 Å². The minimum Gasteiger partial charge on any atom is -0.325 e. The molecule has 1 amide bonds. The van der Waals surface area contributed by atoms with E-state index in [9.17, 15) is 13.2 Å². The molecule has 0 aliphatic heterocycles. The van der Waals surface area contributed by atoms with E-state index in [-0.39, 0.29) is 22.3 Å². The zero-order chi connectivity index (χ0) is 23.3. The first-order chi connectivity index (χ1) is 15.2. The van der Waals surface area contributed by atoms with E-state index in [1.807, 2.05) is 39.0 Å². The Morgan fingerprint density at radius 2 is 1.81 bits per heavy atom. The highest BCUT2D eigenvalue weighted by atomic mass is 32.2. The molecular formula is C23H26N4O3S2. The molecule has 3 rings (SSSR count). The third-order valence-electron chi connectivity index (χ3n) is 4.93. The number of benzene rings is 2. The van der Waals surface area contributed by atoms with Crippen LogP contribution in [0.4, 0.5) is 5.69 Å². The molecule has 32 heavy (non-hydrogen) atoms. The summed E-state index contributed by atoms with van der Waals surface area (Å²) in [5.41, 5.74) is 3.97. The summed E-state index contributed by atoms with van der Waals surface area (Å²) in [7, 11) is -3.58. The lowest BCUT2D eigenvalue weighted by atomic mass is 10.1. The number of sulfone groups is 1. The van der Waals surface area contributed by atoms with Crippen LogP contribution in [0.1, 0.15) is 22.5 Å². The van der Waals surface area contributed by atoms with Gasteiger partial charge in [0, 0.05) is 12.2 Å². The topological polar surface area (TPSA) is 93.9 Å². The molecule has 9 heteroatoms. The molecule has 1 N–H and O–H groups in total. The van der Waals surface area contributed by atoms with Crippen molar-refractivity contribution >= 4 is 33.2 Å². The van der Waals surface area contributed by atoms with Gasteiger partial charge in [-0.2, -0.15) is 0 Å². The van der Waals surface area contributed by atoms with Gasteiger partial charge in [-0.3, -0.25) is 4.79 Å². The molecule has 0 bridgehead atoms. The number of carbonyl (C=O) groups is 1. The summed E-state index contributed by atoms with van der Waals surface area (Å²) in [4.78, 5) is 12.6. The maximum absolute atomic E-state index is 12.8. The highest BCUT2D eigenvalue weighted by Gasteiger charge is 2.21. The fourth-order valence-electron chi connectivity index (χ4n) is 2.99. The van der Waals surface area contributed by atoms with Gasteiger partial charge < -0.3 is 9.88 Å². The van der Waals surface area contributed by atoms with Gasteiger partial charge in [-0.1, -0.05) is 41.6 Å². The number of hydrogen-bond donors (Lipinski definition) is 1. The van der Waals surface area contributed by atoms with E-state index in [0.29, 0.717) is 17.5 Å². The number of aryl methyl sites for hydroxylation is 3. The van der Waals surface area contributed by atoms with E-state index in [0.717, 1.165) is 22.4 Å². The summed E-state index contributed by atoms with van der Waals surface area (Å²) in [5, 5.41) is 11.5. The normalized spacial score (nSPS) is 11.3. The zero-order valence-corrected chi connectivity index (χ0v) is 20.0. The number of carbonyl (C=O) groups excluding carboxylic acids is 1. The predicted molar refractivity (Wildman–Crippen MR) is 128 cm³/mol. The van der Waals surface area contributed by atoms with Crippen LogP contribution in [0.15, 0.2) is 65.2 Å². The van der Waals surface area contributed by atoms with Gasteiger partial charge in [0.15, 0.2) is 15.0 Å². The molecule has 1 heterocycles. The van der Waals surface area contributed by atoms with Crippen molar-refractivity contribution in [1.29, 1.82) is 0 Å². The van der Waals surface area contributed by atoms with E-state index in [1.54, 1.807) is 34.9 Å². The van der Waals surface area contributed by atoms with Crippen molar-refractivity contribution in [1.82, 2.24) is 14.8 Å². The predicted octanol–water partition coefficient (Wildman–Crippen LogP) is 4.09. The van der Waals surface area contributed by atoms with Crippen LogP contribution in [-0.2, 0) is 26.9 Å². The van der Waals surface area contributed by atoms with Crippen molar-refractivity contribution in [2.75, 3.05) is 11.1 Å². The molecule has 0 unspecified atom stereocenters. The first-order valence-corrected chi connectivity index (χ1v) is 12.7. The smallest absolute Gasteiger partial charge is 0.234 e. The highest BCUT2D eigenvalue weighted by molar-refractivity contribution is 7.99. The largest absolute Gasteiger partial charge is 0.325 e. The van der Waals surface area contributed by atoms with E-state index in [4.69, 9.17) is 0 Å². The Kier molecular flexibility index (Phi) is 7.52. The second-order valence-electron chi connectivity index (χ2n) is 7.51. The summed E-state index contributed by atoms with van der Waals surface area (Å²) in [6.07, 6.45) is 1.64. The SMILES string of the molecule is C=CCn1c(CS(=O)(=O)c2ccc(C)cc2)nnc1SCC(=O)Nc1ccc(C)c(C)c1. The Labute approximate surface area is 192 Å². The maximum atomic E-state index is 12.8. The minimum absolute atomic E-state index is 0.118. The molecule has 1 aromatic heterocycles.